The summed E-state index contributed by atoms with van der Waals surface area (Å²) in [4.78, 5) is 6.78. The third-order valence-electron chi connectivity index (χ3n) is 2.69. The molecule has 0 N–H and O–H groups in total. The molecule has 80 valence electrons. The van der Waals surface area contributed by atoms with Crippen LogP contribution in [0.2, 0.25) is 0 Å². The van der Waals surface area contributed by atoms with Crippen molar-refractivity contribution in [3.63, 3.8) is 0 Å². The van der Waals surface area contributed by atoms with E-state index in [-0.39, 0.29) is 0 Å². The third-order valence-corrected chi connectivity index (χ3v) is 3.52. The highest BCUT2D eigenvalue weighted by Crippen LogP contribution is 2.22. The molecule has 1 aromatic heterocycles. The Morgan fingerprint density at radius 3 is 2.87 bits per heavy atom. The van der Waals surface area contributed by atoms with Gasteiger partial charge in [-0.25, -0.2) is 4.98 Å². The number of rotatable bonds is 1. The lowest BCUT2D eigenvalue weighted by molar-refractivity contribution is 0.777. The number of aryl methyl sites for hydroxylation is 1. The van der Waals surface area contributed by atoms with E-state index in [1.807, 2.05) is 6.20 Å². The molecule has 3 heteroatoms. The first-order valence-corrected chi connectivity index (χ1v) is 5.99. The number of hydrogen-bond donors (Lipinski definition) is 0. The highest BCUT2D eigenvalue weighted by atomic mass is 79.9. The van der Waals surface area contributed by atoms with Gasteiger partial charge in [0.2, 0.25) is 0 Å². The molecule has 0 radical (unpaired) electrons. The average molecular weight is 267 g/mol. The SMILES string of the molecule is CC1=CCCN(c2cc(C)c(Br)cn2)C1. The first-order chi connectivity index (χ1) is 7.16. The minimum atomic E-state index is 1.01. The zero-order chi connectivity index (χ0) is 10.8. The molecule has 2 rings (SSSR count). The number of pyridine rings is 1. The Balaban J connectivity index is 2.23. The maximum atomic E-state index is 4.45. The molecule has 0 aliphatic carbocycles. The molecule has 0 bridgehead atoms. The molecule has 15 heavy (non-hydrogen) atoms. The van der Waals surface area contributed by atoms with Crippen LogP contribution in [0.5, 0.6) is 0 Å². The Kier molecular flexibility index (Phi) is 3.10. The zero-order valence-electron chi connectivity index (χ0n) is 9.13. The summed E-state index contributed by atoms with van der Waals surface area (Å²) in [5, 5.41) is 0. The van der Waals surface area contributed by atoms with Crippen LogP contribution < -0.4 is 4.90 Å². The molecule has 0 unspecified atom stereocenters. The van der Waals surface area contributed by atoms with Crippen molar-refractivity contribution in [2.75, 3.05) is 18.0 Å². The van der Waals surface area contributed by atoms with Crippen LogP contribution in [0.15, 0.2) is 28.4 Å². The Bertz CT molecular complexity index is 399. The molecule has 0 saturated carbocycles. The zero-order valence-corrected chi connectivity index (χ0v) is 10.7. The van der Waals surface area contributed by atoms with Crippen LogP contribution in [0.1, 0.15) is 18.9 Å². The summed E-state index contributed by atoms with van der Waals surface area (Å²) in [6.07, 6.45) is 5.32. The molecule has 1 aliphatic rings. The van der Waals surface area contributed by atoms with Gasteiger partial charge in [-0.2, -0.15) is 0 Å². The summed E-state index contributed by atoms with van der Waals surface area (Å²) in [7, 11) is 0. The van der Waals surface area contributed by atoms with Gasteiger partial charge in [0.25, 0.3) is 0 Å². The monoisotopic (exact) mass is 266 g/mol. The molecule has 0 fully saturated rings. The van der Waals surface area contributed by atoms with E-state index < -0.39 is 0 Å². The van der Waals surface area contributed by atoms with E-state index in [1.165, 1.54) is 11.1 Å². The van der Waals surface area contributed by atoms with E-state index >= 15 is 0 Å². The van der Waals surface area contributed by atoms with E-state index in [1.54, 1.807) is 0 Å². The molecule has 2 heterocycles. The molecule has 0 spiro atoms. The van der Waals surface area contributed by atoms with Gasteiger partial charge in [0, 0.05) is 23.8 Å². The number of halogens is 1. The Hall–Kier alpha value is -0.830. The lowest BCUT2D eigenvalue weighted by Crippen LogP contribution is -2.29. The first kappa shape index (κ1) is 10.7. The summed E-state index contributed by atoms with van der Waals surface area (Å²) < 4.78 is 1.08. The van der Waals surface area contributed by atoms with E-state index in [4.69, 9.17) is 0 Å². The van der Waals surface area contributed by atoms with Gasteiger partial charge in [-0.1, -0.05) is 11.6 Å². The lowest BCUT2D eigenvalue weighted by atomic mass is 10.1. The fourth-order valence-electron chi connectivity index (χ4n) is 1.80. The van der Waals surface area contributed by atoms with Crippen LogP contribution in [-0.4, -0.2) is 18.1 Å². The molecular weight excluding hydrogens is 252 g/mol. The fourth-order valence-corrected chi connectivity index (χ4v) is 2.02. The molecule has 0 amide bonds. The number of aromatic nitrogens is 1. The highest BCUT2D eigenvalue weighted by Gasteiger charge is 2.12. The third kappa shape index (κ3) is 2.40. The van der Waals surface area contributed by atoms with E-state index in [9.17, 15) is 0 Å². The second-order valence-corrected chi connectivity index (χ2v) is 4.91. The summed E-state index contributed by atoms with van der Waals surface area (Å²) in [5.74, 6) is 1.09. The maximum Gasteiger partial charge on any atom is 0.129 e. The van der Waals surface area contributed by atoms with Crippen LogP contribution in [0.25, 0.3) is 0 Å². The molecule has 0 saturated heterocycles. The number of hydrogen-bond acceptors (Lipinski definition) is 2. The largest absolute Gasteiger partial charge is 0.352 e. The first-order valence-electron chi connectivity index (χ1n) is 5.19. The van der Waals surface area contributed by atoms with Crippen LogP contribution in [0.4, 0.5) is 5.82 Å². The topological polar surface area (TPSA) is 16.1 Å². The Morgan fingerprint density at radius 1 is 1.40 bits per heavy atom. The second-order valence-electron chi connectivity index (χ2n) is 4.05. The quantitative estimate of drug-likeness (QED) is 0.726. The van der Waals surface area contributed by atoms with E-state index in [0.29, 0.717) is 0 Å². The maximum absolute atomic E-state index is 4.45. The smallest absolute Gasteiger partial charge is 0.129 e. The summed E-state index contributed by atoms with van der Waals surface area (Å²) >= 11 is 3.47. The van der Waals surface area contributed by atoms with Gasteiger partial charge in [0.05, 0.1) is 0 Å². The van der Waals surface area contributed by atoms with Gasteiger partial charge in [0.15, 0.2) is 0 Å². The van der Waals surface area contributed by atoms with Crippen molar-refractivity contribution in [2.24, 2.45) is 0 Å². The van der Waals surface area contributed by atoms with Gasteiger partial charge < -0.3 is 4.90 Å². The van der Waals surface area contributed by atoms with Gasteiger partial charge in [0.1, 0.15) is 5.82 Å². The average Bonchev–Trinajstić information content (AvgIpc) is 2.22. The van der Waals surface area contributed by atoms with Crippen molar-refractivity contribution in [2.45, 2.75) is 20.3 Å². The number of anilines is 1. The summed E-state index contributed by atoms with van der Waals surface area (Å²) in [6, 6.07) is 2.14. The Labute approximate surface area is 99.1 Å². The van der Waals surface area contributed by atoms with Crippen molar-refractivity contribution in [3.8, 4) is 0 Å². The molecule has 1 aliphatic heterocycles. The fraction of sp³-hybridized carbons (Fsp3) is 0.417. The Morgan fingerprint density at radius 2 is 2.20 bits per heavy atom. The van der Waals surface area contributed by atoms with Crippen molar-refractivity contribution in [1.82, 2.24) is 4.98 Å². The predicted molar refractivity (Wildman–Crippen MR) is 67.3 cm³/mol. The molecule has 1 aromatic rings. The minimum Gasteiger partial charge on any atom is -0.352 e. The van der Waals surface area contributed by atoms with Gasteiger partial charge >= 0.3 is 0 Å². The van der Waals surface area contributed by atoms with Crippen molar-refractivity contribution < 1.29 is 0 Å². The molecular formula is C12H15BrN2. The van der Waals surface area contributed by atoms with Crippen LogP contribution in [-0.2, 0) is 0 Å². The van der Waals surface area contributed by atoms with E-state index in [0.717, 1.165) is 29.8 Å². The van der Waals surface area contributed by atoms with Crippen molar-refractivity contribution in [3.05, 3.63) is 33.9 Å². The molecule has 2 nitrogen and oxygen atoms in total. The molecule has 0 aromatic carbocycles. The summed E-state index contributed by atoms with van der Waals surface area (Å²) in [6.45, 7) is 6.36. The van der Waals surface area contributed by atoms with Crippen LogP contribution in [0, 0.1) is 6.92 Å². The standard InChI is InChI=1S/C12H15BrN2/c1-9-4-3-5-15(8-9)12-6-10(2)11(13)7-14-12/h4,6-7H,3,5,8H2,1-2H3. The van der Waals surface area contributed by atoms with Gasteiger partial charge in [-0.05, 0) is 47.8 Å². The summed E-state index contributed by atoms with van der Waals surface area (Å²) in [5.41, 5.74) is 2.68. The van der Waals surface area contributed by atoms with Gasteiger partial charge in [-0.3, -0.25) is 0 Å². The second kappa shape index (κ2) is 4.35. The normalized spacial score (nSPS) is 16.5. The van der Waals surface area contributed by atoms with Crippen LogP contribution in [0.3, 0.4) is 0 Å². The highest BCUT2D eigenvalue weighted by molar-refractivity contribution is 9.10. The molecule has 0 atom stereocenters. The predicted octanol–water partition coefficient (Wildman–Crippen LogP) is 3.31. The lowest BCUT2D eigenvalue weighted by Gasteiger charge is -2.27. The van der Waals surface area contributed by atoms with Crippen LogP contribution >= 0.6 is 15.9 Å². The minimum absolute atomic E-state index is 1.01. The van der Waals surface area contributed by atoms with Gasteiger partial charge in [-0.15, -0.1) is 0 Å². The van der Waals surface area contributed by atoms with E-state index in [2.05, 4.69) is 51.8 Å². The van der Waals surface area contributed by atoms with Crippen molar-refractivity contribution in [1.29, 1.82) is 0 Å². The van der Waals surface area contributed by atoms with Crippen molar-refractivity contribution >= 4 is 21.7 Å². The number of nitrogens with zero attached hydrogens (tertiary/aromatic N) is 2.